The molecule has 0 fully saturated rings. The van der Waals surface area contributed by atoms with Crippen LogP contribution < -0.4 is 5.32 Å². The molecule has 0 amide bonds. The Morgan fingerprint density at radius 1 is 1.29 bits per heavy atom. The molecule has 0 bridgehead atoms. The molecule has 1 aromatic carbocycles. The van der Waals surface area contributed by atoms with Gasteiger partial charge in [-0.15, -0.1) is 6.42 Å². The molecule has 0 aliphatic heterocycles. The van der Waals surface area contributed by atoms with Crippen molar-refractivity contribution in [1.29, 1.82) is 0 Å². The summed E-state index contributed by atoms with van der Waals surface area (Å²) in [5.41, 5.74) is 0.919. The number of terminal acetylenes is 1. The molecule has 0 aromatic heterocycles. The summed E-state index contributed by atoms with van der Waals surface area (Å²) in [6, 6.07) is 6.41. The Morgan fingerprint density at radius 3 is 2.29 bits per heavy atom. The highest BCUT2D eigenvalue weighted by atomic mass is 19.1. The van der Waals surface area contributed by atoms with Crippen LogP contribution in [-0.2, 0) is 0 Å². The summed E-state index contributed by atoms with van der Waals surface area (Å²) < 4.78 is 12.6. The third kappa shape index (κ3) is 2.86. The van der Waals surface area contributed by atoms with Crippen molar-refractivity contribution in [2.45, 2.75) is 25.9 Å². The second-order valence-electron chi connectivity index (χ2n) is 3.47. The molecule has 0 radical (unpaired) electrons. The minimum absolute atomic E-state index is 0.143. The maximum Gasteiger partial charge on any atom is 0.123 e. The maximum atomic E-state index is 12.6. The summed E-state index contributed by atoms with van der Waals surface area (Å²) in [6.45, 7) is 4.04. The number of hydrogen-bond donors (Lipinski definition) is 1. The van der Waals surface area contributed by atoms with Crippen LogP contribution in [0.25, 0.3) is 0 Å². The lowest BCUT2D eigenvalue weighted by atomic mass is 10.1. The molecule has 74 valence electrons. The van der Waals surface area contributed by atoms with Gasteiger partial charge in [0.15, 0.2) is 0 Å². The van der Waals surface area contributed by atoms with Crippen molar-refractivity contribution in [2.24, 2.45) is 0 Å². The Balaban J connectivity index is 2.80. The van der Waals surface area contributed by atoms with Gasteiger partial charge in [-0.1, -0.05) is 18.1 Å². The fourth-order valence-electron chi connectivity index (χ4n) is 1.23. The summed E-state index contributed by atoms with van der Waals surface area (Å²) in [7, 11) is 0. The van der Waals surface area contributed by atoms with Gasteiger partial charge in [-0.2, -0.15) is 0 Å². The summed E-state index contributed by atoms with van der Waals surface area (Å²) >= 11 is 0. The Kier molecular flexibility index (Phi) is 3.67. The van der Waals surface area contributed by atoms with Crippen molar-refractivity contribution in [2.75, 3.05) is 0 Å². The fraction of sp³-hybridized carbons (Fsp3) is 0.333. The largest absolute Gasteiger partial charge is 0.298 e. The molecule has 0 aliphatic rings. The zero-order chi connectivity index (χ0) is 10.6. The van der Waals surface area contributed by atoms with Crippen LogP contribution in [0.2, 0.25) is 0 Å². The van der Waals surface area contributed by atoms with E-state index in [-0.39, 0.29) is 11.9 Å². The molecule has 1 N–H and O–H groups in total. The lowest BCUT2D eigenvalue weighted by Crippen LogP contribution is -2.27. The van der Waals surface area contributed by atoms with Crippen LogP contribution in [0.1, 0.15) is 25.5 Å². The van der Waals surface area contributed by atoms with Gasteiger partial charge in [0.1, 0.15) is 5.82 Å². The van der Waals surface area contributed by atoms with Gasteiger partial charge < -0.3 is 0 Å². The van der Waals surface area contributed by atoms with Crippen LogP contribution in [0, 0.1) is 18.2 Å². The molecule has 1 unspecified atom stereocenters. The van der Waals surface area contributed by atoms with E-state index in [1.165, 1.54) is 12.1 Å². The molecule has 2 heteroatoms. The summed E-state index contributed by atoms with van der Waals surface area (Å²) in [4.78, 5) is 0. The quantitative estimate of drug-likeness (QED) is 0.724. The van der Waals surface area contributed by atoms with E-state index in [1.54, 1.807) is 12.1 Å². The highest BCUT2D eigenvalue weighted by Crippen LogP contribution is 2.13. The van der Waals surface area contributed by atoms with Crippen molar-refractivity contribution < 1.29 is 4.39 Å². The van der Waals surface area contributed by atoms with Crippen molar-refractivity contribution in [1.82, 2.24) is 5.32 Å². The van der Waals surface area contributed by atoms with Gasteiger partial charge in [0, 0.05) is 6.04 Å². The first-order valence-electron chi connectivity index (χ1n) is 4.61. The number of hydrogen-bond acceptors (Lipinski definition) is 1. The Morgan fingerprint density at radius 2 is 1.86 bits per heavy atom. The lowest BCUT2D eigenvalue weighted by Gasteiger charge is -2.16. The van der Waals surface area contributed by atoms with Crippen molar-refractivity contribution in [3.63, 3.8) is 0 Å². The van der Waals surface area contributed by atoms with Crippen LogP contribution in [0.4, 0.5) is 4.39 Å². The van der Waals surface area contributed by atoms with E-state index >= 15 is 0 Å². The topological polar surface area (TPSA) is 12.0 Å². The Hall–Kier alpha value is -1.33. The van der Waals surface area contributed by atoms with Gasteiger partial charge in [-0.05, 0) is 31.5 Å². The number of nitrogens with one attached hydrogen (secondary N) is 1. The molecule has 1 nitrogen and oxygen atoms in total. The highest BCUT2D eigenvalue weighted by molar-refractivity contribution is 5.26. The van der Waals surface area contributed by atoms with Gasteiger partial charge >= 0.3 is 0 Å². The van der Waals surface area contributed by atoms with Crippen LogP contribution in [-0.4, -0.2) is 6.04 Å². The lowest BCUT2D eigenvalue weighted by molar-refractivity contribution is 0.548. The van der Waals surface area contributed by atoms with E-state index in [0.717, 1.165) is 5.56 Å². The summed E-state index contributed by atoms with van der Waals surface area (Å²) in [5, 5.41) is 3.21. The van der Waals surface area contributed by atoms with Gasteiger partial charge in [0.2, 0.25) is 0 Å². The minimum atomic E-state index is -0.242. The third-order valence-corrected chi connectivity index (χ3v) is 1.87. The second-order valence-corrected chi connectivity index (χ2v) is 3.47. The molecule has 14 heavy (non-hydrogen) atoms. The molecule has 1 rings (SSSR count). The van der Waals surface area contributed by atoms with Crippen LogP contribution >= 0.6 is 0 Å². The van der Waals surface area contributed by atoms with E-state index in [4.69, 9.17) is 6.42 Å². The van der Waals surface area contributed by atoms with Crippen molar-refractivity contribution in [3.05, 3.63) is 35.6 Å². The molecular weight excluding hydrogens is 177 g/mol. The van der Waals surface area contributed by atoms with Gasteiger partial charge in [-0.25, -0.2) is 4.39 Å². The van der Waals surface area contributed by atoms with E-state index in [0.29, 0.717) is 6.04 Å². The van der Waals surface area contributed by atoms with Crippen LogP contribution in [0.5, 0.6) is 0 Å². The van der Waals surface area contributed by atoms with Crippen molar-refractivity contribution >= 4 is 0 Å². The van der Waals surface area contributed by atoms with E-state index in [2.05, 4.69) is 11.2 Å². The normalized spacial score (nSPS) is 12.5. The minimum Gasteiger partial charge on any atom is -0.298 e. The third-order valence-electron chi connectivity index (χ3n) is 1.87. The molecule has 1 atom stereocenters. The molecule has 0 saturated heterocycles. The zero-order valence-corrected chi connectivity index (χ0v) is 8.42. The van der Waals surface area contributed by atoms with Gasteiger partial charge in [0.25, 0.3) is 0 Å². The predicted molar refractivity (Wildman–Crippen MR) is 56.2 cm³/mol. The number of benzene rings is 1. The second kappa shape index (κ2) is 4.78. The molecule has 0 spiro atoms. The SMILES string of the molecule is C#CC(NC(C)C)c1ccc(F)cc1. The molecule has 0 aliphatic carbocycles. The van der Waals surface area contributed by atoms with Crippen LogP contribution in [0.3, 0.4) is 0 Å². The highest BCUT2D eigenvalue weighted by Gasteiger charge is 2.08. The van der Waals surface area contributed by atoms with Gasteiger partial charge in [-0.3, -0.25) is 5.32 Å². The van der Waals surface area contributed by atoms with E-state index in [1.807, 2.05) is 13.8 Å². The average Bonchev–Trinajstić information content (AvgIpc) is 2.15. The average molecular weight is 191 g/mol. The standard InChI is InChI=1S/C12H14FN/c1-4-12(14-9(2)3)10-5-7-11(13)8-6-10/h1,5-9,12,14H,2-3H3. The number of halogens is 1. The molecule has 0 heterocycles. The fourth-order valence-corrected chi connectivity index (χ4v) is 1.23. The van der Waals surface area contributed by atoms with E-state index in [9.17, 15) is 4.39 Å². The number of rotatable bonds is 3. The molecule has 1 aromatic rings. The molecular formula is C12H14FN. The first-order chi connectivity index (χ1) is 6.63. The summed E-state index contributed by atoms with van der Waals surface area (Å²) in [6.07, 6.45) is 5.38. The van der Waals surface area contributed by atoms with E-state index < -0.39 is 0 Å². The summed E-state index contributed by atoms with van der Waals surface area (Å²) in [5.74, 6) is 2.39. The Bertz CT molecular complexity index is 321. The first kappa shape index (κ1) is 10.7. The first-order valence-corrected chi connectivity index (χ1v) is 4.61. The van der Waals surface area contributed by atoms with Gasteiger partial charge in [0.05, 0.1) is 6.04 Å². The predicted octanol–water partition coefficient (Wildman–Crippen LogP) is 2.50. The van der Waals surface area contributed by atoms with Crippen molar-refractivity contribution in [3.8, 4) is 12.3 Å². The Labute approximate surface area is 84.3 Å². The van der Waals surface area contributed by atoms with Crippen LogP contribution in [0.15, 0.2) is 24.3 Å². The zero-order valence-electron chi connectivity index (χ0n) is 8.42. The monoisotopic (exact) mass is 191 g/mol. The maximum absolute atomic E-state index is 12.6. The molecule has 0 saturated carbocycles. The smallest absolute Gasteiger partial charge is 0.123 e.